The summed E-state index contributed by atoms with van der Waals surface area (Å²) in [5.41, 5.74) is 5.03. The number of nitrogens with zero attached hydrogens (tertiary/aromatic N) is 1. The molecule has 5 unspecified atom stereocenters. The van der Waals surface area contributed by atoms with Gasteiger partial charge in [-0.1, -0.05) is 75.1 Å². The number of hydrogen-bond donors (Lipinski definition) is 3. The Balaban J connectivity index is 1.32. The zero-order valence-corrected chi connectivity index (χ0v) is 28.4. The number of aliphatic hydroxyl groups excluding tert-OH is 1. The van der Waals surface area contributed by atoms with Crippen molar-refractivity contribution in [2.45, 2.75) is 101 Å². The predicted molar refractivity (Wildman–Crippen MR) is 184 cm³/mol. The Bertz CT molecular complexity index is 1630. The average molecular weight is 656 g/mol. The lowest BCUT2D eigenvalue weighted by Crippen LogP contribution is -2.51. The summed E-state index contributed by atoms with van der Waals surface area (Å²) in [5.74, 6) is -0.977. The van der Waals surface area contributed by atoms with Crippen LogP contribution in [0, 0.1) is 11.8 Å². The van der Waals surface area contributed by atoms with Crippen LogP contribution in [0.5, 0.6) is 0 Å². The minimum absolute atomic E-state index is 0.0131. The van der Waals surface area contributed by atoms with Crippen molar-refractivity contribution in [2.75, 3.05) is 25.5 Å². The molecule has 1 saturated carbocycles. The smallest absolute Gasteiger partial charge is 0.350 e. The van der Waals surface area contributed by atoms with Gasteiger partial charge >= 0.3 is 5.97 Å². The van der Waals surface area contributed by atoms with Crippen LogP contribution >= 0.6 is 0 Å². The van der Waals surface area contributed by atoms with Gasteiger partial charge in [0.2, 0.25) is 5.78 Å². The lowest BCUT2D eigenvalue weighted by atomic mass is 9.65. The summed E-state index contributed by atoms with van der Waals surface area (Å²) in [6.45, 7) is 6.67. The lowest BCUT2D eigenvalue weighted by molar-refractivity contribution is -0.149. The molecule has 2 aromatic rings. The quantitative estimate of drug-likeness (QED) is 0.114. The monoisotopic (exact) mass is 655 g/mol. The van der Waals surface area contributed by atoms with E-state index in [0.717, 1.165) is 62.6 Å². The molecule has 2 fully saturated rings. The number of nitrogens with one attached hydrogen (secondary N) is 1. The first-order chi connectivity index (χ1) is 23.1. The number of nitrogens with two attached hydrogens (primary N) is 1. The van der Waals surface area contributed by atoms with Crippen LogP contribution in [0.1, 0.15) is 105 Å². The second kappa shape index (κ2) is 13.7. The molecular weight excluding hydrogens is 606 g/mol. The molecule has 48 heavy (non-hydrogen) atoms. The molecule has 9 nitrogen and oxygen atoms in total. The fourth-order valence-electron chi connectivity index (χ4n) is 8.62. The van der Waals surface area contributed by atoms with E-state index in [0.29, 0.717) is 23.7 Å². The Hall–Kier alpha value is -3.66. The predicted octanol–water partition coefficient (Wildman–Crippen LogP) is 5.67. The molecule has 256 valence electrons. The van der Waals surface area contributed by atoms with Crippen LogP contribution < -0.4 is 11.1 Å². The van der Waals surface area contributed by atoms with Gasteiger partial charge in [-0.25, -0.2) is 9.78 Å². The van der Waals surface area contributed by atoms with Crippen LogP contribution in [0.25, 0.3) is 0 Å². The standard InChI is InChI=1S/C39H49N3O6/c1-4-26-13-14-32(41-5-2)27(19-26)24-47-36(46)39-35(45)31-12-8-7-11-30(31)34(44)38(39,48-39)22-28(23-43)25(3)21-37(16-9-6-10-17-37)29-15-18-42-33(40)20-29/h7-8,11-15,18,20,26-27,32,41,43H,4-6,9-10,16-17,19,21-24H2,1-3H3,(H2,40,42). The first-order valence-corrected chi connectivity index (χ1v) is 17.6. The van der Waals surface area contributed by atoms with Gasteiger partial charge < -0.3 is 25.6 Å². The Morgan fingerprint density at radius 1 is 1.06 bits per heavy atom. The van der Waals surface area contributed by atoms with Crippen molar-refractivity contribution < 1.29 is 29.0 Å². The molecule has 6 rings (SSSR count). The number of aromatic nitrogens is 1. The van der Waals surface area contributed by atoms with Gasteiger partial charge in [0.25, 0.3) is 5.60 Å². The van der Waals surface area contributed by atoms with E-state index in [4.69, 9.17) is 15.2 Å². The molecule has 0 radical (unpaired) electrons. The summed E-state index contributed by atoms with van der Waals surface area (Å²) in [7, 11) is 0. The molecule has 4 N–H and O–H groups in total. The highest BCUT2D eigenvalue weighted by Crippen LogP contribution is 2.60. The van der Waals surface area contributed by atoms with E-state index in [9.17, 15) is 19.5 Å². The number of fused-ring (bicyclic) bond motifs is 2. The number of epoxide rings is 1. The number of carbonyl (C=O) groups excluding carboxylic acids is 3. The number of nitrogen functional groups attached to an aromatic ring is 1. The van der Waals surface area contributed by atoms with Crippen LogP contribution in [0.15, 0.2) is 65.9 Å². The van der Waals surface area contributed by atoms with Gasteiger partial charge in [0.05, 0.1) is 13.2 Å². The largest absolute Gasteiger partial charge is 0.463 e. The molecular formula is C39H49N3O6. The Morgan fingerprint density at radius 3 is 2.46 bits per heavy atom. The molecule has 0 amide bonds. The van der Waals surface area contributed by atoms with Crippen LogP contribution in [0.2, 0.25) is 0 Å². The molecule has 0 bridgehead atoms. The van der Waals surface area contributed by atoms with Gasteiger partial charge in [-0.15, -0.1) is 0 Å². The number of esters is 1. The summed E-state index contributed by atoms with van der Waals surface area (Å²) in [5, 5.41) is 14.3. The van der Waals surface area contributed by atoms with Crippen molar-refractivity contribution >= 4 is 23.4 Å². The van der Waals surface area contributed by atoms with Crippen LogP contribution in [0.3, 0.4) is 0 Å². The van der Waals surface area contributed by atoms with Crippen LogP contribution in [-0.4, -0.2) is 64.6 Å². The summed E-state index contributed by atoms with van der Waals surface area (Å²) in [4.78, 5) is 46.9. The molecule has 1 saturated heterocycles. The Labute approximate surface area is 283 Å². The third-order valence-corrected chi connectivity index (χ3v) is 11.4. The molecule has 0 spiro atoms. The summed E-state index contributed by atoms with van der Waals surface area (Å²) < 4.78 is 12.2. The lowest BCUT2D eigenvalue weighted by Gasteiger charge is -2.39. The van der Waals surface area contributed by atoms with Crippen LogP contribution in [-0.2, 0) is 19.7 Å². The third kappa shape index (κ3) is 5.84. The molecule has 3 aliphatic carbocycles. The first kappa shape index (κ1) is 34.2. The molecule has 1 aliphatic heterocycles. The Morgan fingerprint density at radius 2 is 1.79 bits per heavy atom. The maximum absolute atomic E-state index is 14.3. The molecule has 2 heterocycles. The van der Waals surface area contributed by atoms with E-state index in [1.807, 2.05) is 26.0 Å². The van der Waals surface area contributed by atoms with Gasteiger partial charge in [-0.05, 0) is 80.2 Å². The van der Waals surface area contributed by atoms with Gasteiger partial charge in [0.15, 0.2) is 11.4 Å². The minimum atomic E-state index is -2.09. The zero-order chi connectivity index (χ0) is 34.1. The van der Waals surface area contributed by atoms with Crippen molar-refractivity contribution in [2.24, 2.45) is 11.8 Å². The van der Waals surface area contributed by atoms with Gasteiger partial charge in [0, 0.05) is 35.7 Å². The minimum Gasteiger partial charge on any atom is -0.463 e. The van der Waals surface area contributed by atoms with Crippen LogP contribution in [0.4, 0.5) is 5.82 Å². The van der Waals surface area contributed by atoms with Crippen molar-refractivity contribution in [3.63, 3.8) is 0 Å². The second-order valence-electron chi connectivity index (χ2n) is 14.3. The molecule has 1 aromatic heterocycles. The van der Waals surface area contributed by atoms with Gasteiger partial charge in [0.1, 0.15) is 5.82 Å². The summed E-state index contributed by atoms with van der Waals surface area (Å²) in [6.07, 6.45) is 13.7. The van der Waals surface area contributed by atoms with Crippen molar-refractivity contribution in [3.8, 4) is 0 Å². The SMILES string of the molecule is CCNC1C=CC(CC)CC1COC(=O)C12OC1(CC(CO)=C(C)CC1(c3ccnc(N)c3)CCCCC1)C(=O)c1ccccc1C2=O. The van der Waals surface area contributed by atoms with Crippen molar-refractivity contribution in [3.05, 3.63) is 82.6 Å². The van der Waals surface area contributed by atoms with E-state index in [2.05, 4.69) is 29.4 Å². The number of rotatable bonds is 12. The number of benzene rings is 1. The number of hydrogen-bond acceptors (Lipinski definition) is 9. The van der Waals surface area contributed by atoms with E-state index >= 15 is 0 Å². The fraction of sp³-hybridized carbons (Fsp3) is 0.538. The number of anilines is 1. The third-order valence-electron chi connectivity index (χ3n) is 11.4. The first-order valence-electron chi connectivity index (χ1n) is 17.6. The maximum atomic E-state index is 14.3. The van der Waals surface area contributed by atoms with Gasteiger partial charge in [-0.2, -0.15) is 0 Å². The summed E-state index contributed by atoms with van der Waals surface area (Å²) >= 11 is 0. The second-order valence-corrected chi connectivity index (χ2v) is 14.3. The number of ether oxygens (including phenoxy) is 2. The van der Waals surface area contributed by atoms with Crippen molar-refractivity contribution in [1.82, 2.24) is 10.3 Å². The average Bonchev–Trinajstić information content (AvgIpc) is 3.81. The number of Topliss-reactive ketones (excluding diaryl/α,β-unsaturated/α-hetero) is 2. The number of allylic oxidation sites excluding steroid dienone is 2. The topological polar surface area (TPSA) is 144 Å². The molecule has 4 aliphatic rings. The maximum Gasteiger partial charge on any atom is 0.350 e. The zero-order valence-electron chi connectivity index (χ0n) is 28.4. The van der Waals surface area contributed by atoms with Crippen molar-refractivity contribution in [1.29, 1.82) is 0 Å². The van der Waals surface area contributed by atoms with Gasteiger partial charge in [-0.3, -0.25) is 9.59 Å². The number of ketones is 2. The number of aliphatic hydroxyl groups is 1. The normalized spacial score (nSPS) is 29.5. The number of likely N-dealkylation sites (N-methyl/N-ethyl adjacent to an activating group) is 1. The van der Waals surface area contributed by atoms with E-state index in [-0.39, 0.29) is 48.1 Å². The summed E-state index contributed by atoms with van der Waals surface area (Å²) in [6, 6.07) is 10.5. The molecule has 9 heteroatoms. The number of carbonyl (C=O) groups is 3. The molecule has 1 aromatic carbocycles. The Kier molecular flexibility index (Phi) is 9.76. The highest BCUT2D eigenvalue weighted by Gasteiger charge is 2.85. The van der Waals surface area contributed by atoms with E-state index in [1.54, 1.807) is 30.5 Å². The highest BCUT2D eigenvalue weighted by molar-refractivity contribution is 6.32. The number of pyridine rings is 1. The van der Waals surface area contributed by atoms with E-state index < -0.39 is 28.7 Å². The highest BCUT2D eigenvalue weighted by atomic mass is 16.7. The van der Waals surface area contributed by atoms with E-state index in [1.165, 1.54) is 0 Å². The molecule has 5 atom stereocenters. The fourth-order valence-corrected chi connectivity index (χ4v) is 8.62.